The lowest BCUT2D eigenvalue weighted by atomic mass is 9.79. The first-order chi connectivity index (χ1) is 6.89. The van der Waals surface area contributed by atoms with Gasteiger partial charge in [-0.15, -0.1) is 6.58 Å². The highest BCUT2D eigenvalue weighted by Crippen LogP contribution is 2.25. The predicted molar refractivity (Wildman–Crippen MR) is 63.6 cm³/mol. The van der Waals surface area contributed by atoms with E-state index < -0.39 is 11.1 Å². The van der Waals surface area contributed by atoms with Crippen LogP contribution in [0.2, 0.25) is 0 Å². The van der Waals surface area contributed by atoms with Crippen molar-refractivity contribution in [3.63, 3.8) is 0 Å². The molecule has 0 amide bonds. The smallest absolute Gasteiger partial charge is 0.104 e. The van der Waals surface area contributed by atoms with Crippen molar-refractivity contribution in [3.05, 3.63) is 48.6 Å². The average molecular weight is 205 g/mol. The summed E-state index contributed by atoms with van der Waals surface area (Å²) in [6.07, 6.45) is 2.01. The van der Waals surface area contributed by atoms with E-state index >= 15 is 0 Å². The second-order valence-electron chi connectivity index (χ2n) is 4.51. The summed E-state index contributed by atoms with van der Waals surface area (Å²) < 4.78 is 0. The summed E-state index contributed by atoms with van der Waals surface area (Å²) in [5.41, 5.74) is 5.23. The fourth-order valence-corrected chi connectivity index (χ4v) is 1.47. The monoisotopic (exact) mass is 205 g/mol. The summed E-state index contributed by atoms with van der Waals surface area (Å²) in [6, 6.07) is 9.79. The Morgan fingerprint density at radius 3 is 2.27 bits per heavy atom. The van der Waals surface area contributed by atoms with Crippen molar-refractivity contribution in [3.8, 4) is 0 Å². The molecule has 1 aromatic carbocycles. The number of benzene rings is 1. The molecule has 2 nitrogen and oxygen atoms in total. The minimum atomic E-state index is -1.08. The molecule has 0 spiro atoms. The summed E-state index contributed by atoms with van der Waals surface area (Å²) in [4.78, 5) is 0. The molecule has 0 heterocycles. The van der Waals surface area contributed by atoms with Gasteiger partial charge in [0.25, 0.3) is 0 Å². The van der Waals surface area contributed by atoms with Gasteiger partial charge in [-0.1, -0.05) is 36.4 Å². The molecule has 0 saturated heterocycles. The third-order valence-electron chi connectivity index (χ3n) is 2.77. The predicted octanol–water partition coefficient (Wildman–Crippen LogP) is 1.88. The van der Waals surface area contributed by atoms with Gasteiger partial charge in [-0.2, -0.15) is 0 Å². The fourth-order valence-electron chi connectivity index (χ4n) is 1.47. The first-order valence-corrected chi connectivity index (χ1v) is 5.08. The molecular weight excluding hydrogens is 186 g/mol. The molecule has 1 rings (SSSR count). The van der Waals surface area contributed by atoms with Crippen LogP contribution in [0.5, 0.6) is 0 Å². The molecule has 3 N–H and O–H groups in total. The van der Waals surface area contributed by atoms with Gasteiger partial charge in [0.1, 0.15) is 5.60 Å². The lowest BCUT2D eigenvalue weighted by molar-refractivity contribution is 0.0255. The van der Waals surface area contributed by atoms with Gasteiger partial charge in [-0.05, 0) is 19.4 Å². The van der Waals surface area contributed by atoms with E-state index in [9.17, 15) is 5.11 Å². The molecule has 0 saturated carbocycles. The van der Waals surface area contributed by atoms with E-state index in [1.807, 2.05) is 30.3 Å². The van der Waals surface area contributed by atoms with E-state index in [1.54, 1.807) is 13.8 Å². The molecule has 0 aliphatic carbocycles. The van der Waals surface area contributed by atoms with E-state index in [-0.39, 0.29) is 0 Å². The number of aliphatic hydroxyl groups is 1. The van der Waals surface area contributed by atoms with Crippen molar-refractivity contribution in [1.29, 1.82) is 0 Å². The number of rotatable bonds is 4. The fraction of sp³-hybridized carbons (Fsp3) is 0.385. The van der Waals surface area contributed by atoms with Crippen LogP contribution in [0.1, 0.15) is 19.4 Å². The van der Waals surface area contributed by atoms with Gasteiger partial charge < -0.3 is 10.8 Å². The maximum absolute atomic E-state index is 10.4. The molecule has 0 radical (unpaired) electrons. The molecule has 2 heteroatoms. The van der Waals surface area contributed by atoms with Crippen molar-refractivity contribution >= 4 is 0 Å². The van der Waals surface area contributed by atoms with E-state index in [2.05, 4.69) is 6.58 Å². The van der Waals surface area contributed by atoms with Crippen LogP contribution >= 0.6 is 0 Å². The maximum atomic E-state index is 10.4. The first-order valence-electron chi connectivity index (χ1n) is 5.08. The van der Waals surface area contributed by atoms with Gasteiger partial charge in [-0.3, -0.25) is 0 Å². The number of hydrogen-bond acceptors (Lipinski definition) is 2. The zero-order valence-corrected chi connectivity index (χ0v) is 9.40. The number of hydrogen-bond donors (Lipinski definition) is 2. The molecule has 1 unspecified atom stereocenters. The van der Waals surface area contributed by atoms with Crippen LogP contribution in [0.4, 0.5) is 0 Å². The Bertz CT molecular complexity index is 326. The quantitative estimate of drug-likeness (QED) is 0.737. The minimum absolute atomic E-state index is 0.487. The lowest BCUT2D eigenvalue weighted by Crippen LogP contribution is -2.56. The normalized spacial score (nSPS) is 15.7. The second kappa shape index (κ2) is 4.17. The van der Waals surface area contributed by atoms with E-state index in [1.165, 1.54) is 6.08 Å². The van der Waals surface area contributed by atoms with Gasteiger partial charge in [0, 0.05) is 12.0 Å². The first kappa shape index (κ1) is 12.0. The molecule has 1 atom stereocenters. The van der Waals surface area contributed by atoms with E-state index in [4.69, 9.17) is 5.73 Å². The molecular formula is C13H19NO. The van der Waals surface area contributed by atoms with Crippen LogP contribution in [0, 0.1) is 0 Å². The van der Waals surface area contributed by atoms with E-state index in [0.29, 0.717) is 6.42 Å². The minimum Gasteiger partial charge on any atom is -0.384 e. The van der Waals surface area contributed by atoms with Crippen molar-refractivity contribution in [2.45, 2.75) is 31.4 Å². The zero-order chi connectivity index (χ0) is 11.5. The van der Waals surface area contributed by atoms with Crippen molar-refractivity contribution < 1.29 is 5.11 Å². The van der Waals surface area contributed by atoms with Crippen LogP contribution in [-0.4, -0.2) is 16.2 Å². The average Bonchev–Trinajstić information content (AvgIpc) is 2.17. The molecule has 0 fully saturated rings. The van der Waals surface area contributed by atoms with Crippen molar-refractivity contribution in [2.75, 3.05) is 0 Å². The van der Waals surface area contributed by atoms with Crippen LogP contribution in [0.3, 0.4) is 0 Å². The Hall–Kier alpha value is -1.12. The molecule has 0 aromatic heterocycles. The highest BCUT2D eigenvalue weighted by atomic mass is 16.3. The van der Waals surface area contributed by atoms with Gasteiger partial charge in [0.2, 0.25) is 0 Å². The summed E-state index contributed by atoms with van der Waals surface area (Å²) in [5, 5.41) is 10.4. The summed E-state index contributed by atoms with van der Waals surface area (Å²) in [6.45, 7) is 7.27. The largest absolute Gasteiger partial charge is 0.384 e. The van der Waals surface area contributed by atoms with Gasteiger partial charge in [-0.25, -0.2) is 0 Å². The van der Waals surface area contributed by atoms with Gasteiger partial charge >= 0.3 is 0 Å². The highest BCUT2D eigenvalue weighted by molar-refractivity contribution is 5.22. The Kier molecular flexibility index (Phi) is 3.32. The Morgan fingerprint density at radius 2 is 1.87 bits per heavy atom. The topological polar surface area (TPSA) is 46.2 Å². The lowest BCUT2D eigenvalue weighted by Gasteiger charge is -2.37. The maximum Gasteiger partial charge on any atom is 0.104 e. The standard InChI is InChI=1S/C13H19NO/c1-4-13(15,12(2,3)14)10-11-8-6-5-7-9-11/h4-9,15H,1,10,14H2,2-3H3. The molecule has 0 bridgehead atoms. The van der Waals surface area contributed by atoms with Crippen LogP contribution < -0.4 is 5.73 Å². The van der Waals surface area contributed by atoms with Crippen LogP contribution in [-0.2, 0) is 6.42 Å². The summed E-state index contributed by atoms with van der Waals surface area (Å²) >= 11 is 0. The third kappa shape index (κ3) is 2.67. The Balaban J connectivity index is 2.92. The Morgan fingerprint density at radius 1 is 1.33 bits per heavy atom. The second-order valence-corrected chi connectivity index (χ2v) is 4.51. The SMILES string of the molecule is C=CC(O)(Cc1ccccc1)C(C)(C)N. The van der Waals surface area contributed by atoms with Crippen molar-refractivity contribution in [2.24, 2.45) is 5.73 Å². The summed E-state index contributed by atoms with van der Waals surface area (Å²) in [5.74, 6) is 0. The van der Waals surface area contributed by atoms with Crippen LogP contribution in [0.15, 0.2) is 43.0 Å². The van der Waals surface area contributed by atoms with Gasteiger partial charge in [0.15, 0.2) is 0 Å². The highest BCUT2D eigenvalue weighted by Gasteiger charge is 2.37. The zero-order valence-electron chi connectivity index (χ0n) is 9.40. The third-order valence-corrected chi connectivity index (χ3v) is 2.77. The van der Waals surface area contributed by atoms with Crippen LogP contribution in [0.25, 0.3) is 0 Å². The van der Waals surface area contributed by atoms with Crippen molar-refractivity contribution in [1.82, 2.24) is 0 Å². The molecule has 82 valence electrons. The number of nitrogens with two attached hydrogens (primary N) is 1. The molecule has 1 aromatic rings. The molecule has 0 aliphatic heterocycles. The molecule has 0 aliphatic rings. The molecule has 15 heavy (non-hydrogen) atoms. The summed E-state index contributed by atoms with van der Waals surface area (Å²) in [7, 11) is 0. The Labute approximate surface area is 91.4 Å². The van der Waals surface area contributed by atoms with Gasteiger partial charge in [0.05, 0.1) is 0 Å². The van der Waals surface area contributed by atoms with E-state index in [0.717, 1.165) is 5.56 Å².